The number of rotatable bonds is 0. The van der Waals surface area contributed by atoms with Gasteiger partial charge in [-0.25, -0.2) is 0 Å². The van der Waals surface area contributed by atoms with Crippen molar-refractivity contribution in [3.8, 4) is 0 Å². The van der Waals surface area contributed by atoms with Gasteiger partial charge in [-0.05, 0) is 37.0 Å². The number of allylic oxidation sites excluding steroid dienone is 1. The van der Waals surface area contributed by atoms with Crippen molar-refractivity contribution in [2.75, 3.05) is 10.6 Å². The van der Waals surface area contributed by atoms with Crippen molar-refractivity contribution in [2.45, 2.75) is 39.0 Å². The van der Waals surface area contributed by atoms with Crippen LogP contribution in [-0.2, 0) is 15.0 Å². The summed E-state index contributed by atoms with van der Waals surface area (Å²) in [5.41, 5.74) is 3.09. The van der Waals surface area contributed by atoms with Gasteiger partial charge in [0.2, 0.25) is 5.91 Å². The number of benzene rings is 1. The number of nitrogens with one attached hydrogen (secondary N) is 3. The van der Waals surface area contributed by atoms with Gasteiger partial charge >= 0.3 is 0 Å². The molecule has 27 heavy (non-hydrogen) atoms. The average Bonchev–Trinajstić information content (AvgIpc) is 3.06. The number of fused-ring (bicyclic) bond motifs is 5. The highest BCUT2D eigenvalue weighted by atomic mass is 79.9. The summed E-state index contributed by atoms with van der Waals surface area (Å²) in [4.78, 5) is 26.9. The minimum absolute atomic E-state index is 0.0166. The van der Waals surface area contributed by atoms with E-state index in [4.69, 9.17) is 0 Å². The molecule has 5 rings (SSSR count). The number of amides is 1. The van der Waals surface area contributed by atoms with Crippen LogP contribution < -0.4 is 10.6 Å². The van der Waals surface area contributed by atoms with Crippen molar-refractivity contribution in [3.63, 3.8) is 0 Å². The van der Waals surface area contributed by atoms with Crippen LogP contribution in [0.1, 0.15) is 43.5 Å². The number of aromatic amines is 1. The number of H-pyrrole nitrogens is 1. The number of anilines is 2. The second-order valence-electron chi connectivity index (χ2n) is 8.39. The number of nitrogens with zero attached hydrogens (tertiary/aromatic N) is 1. The smallest absolute Gasteiger partial charge is 0.244 e. The molecule has 0 saturated heterocycles. The number of halogens is 1. The zero-order valence-corrected chi connectivity index (χ0v) is 16.9. The maximum absolute atomic E-state index is 13.5. The number of ketones is 1. The van der Waals surface area contributed by atoms with Gasteiger partial charge in [-0.2, -0.15) is 5.10 Å². The molecule has 1 unspecified atom stereocenters. The molecule has 7 heteroatoms. The van der Waals surface area contributed by atoms with Gasteiger partial charge in [0, 0.05) is 44.7 Å². The molecule has 0 saturated carbocycles. The molecule has 2 aliphatic heterocycles. The molecule has 3 aliphatic rings. The lowest BCUT2D eigenvalue weighted by molar-refractivity contribution is -0.123. The number of carbonyl (C=O) groups excluding carboxylic acids is 2. The van der Waals surface area contributed by atoms with Crippen LogP contribution in [0.3, 0.4) is 0 Å². The molecular formula is C20H19BrN4O2. The summed E-state index contributed by atoms with van der Waals surface area (Å²) in [5.74, 6) is 0.450. The Morgan fingerprint density at radius 3 is 2.70 bits per heavy atom. The lowest BCUT2D eigenvalue weighted by Gasteiger charge is -2.42. The third-order valence-corrected chi connectivity index (χ3v) is 6.31. The first kappa shape index (κ1) is 16.7. The Morgan fingerprint density at radius 1 is 1.15 bits per heavy atom. The van der Waals surface area contributed by atoms with Crippen molar-refractivity contribution >= 4 is 39.1 Å². The van der Waals surface area contributed by atoms with Crippen molar-refractivity contribution in [2.24, 2.45) is 5.41 Å². The maximum Gasteiger partial charge on any atom is 0.244 e. The largest absolute Gasteiger partial charge is 0.342 e. The molecule has 1 aromatic carbocycles. The van der Waals surface area contributed by atoms with E-state index < -0.39 is 5.41 Å². The maximum atomic E-state index is 13.5. The highest BCUT2D eigenvalue weighted by molar-refractivity contribution is 9.10. The molecule has 1 atom stereocenters. The fourth-order valence-corrected chi connectivity index (χ4v) is 5.24. The minimum atomic E-state index is -1.17. The number of hydrogen-bond acceptors (Lipinski definition) is 4. The lowest BCUT2D eigenvalue weighted by Crippen LogP contribution is -2.47. The second-order valence-corrected chi connectivity index (χ2v) is 9.30. The molecule has 0 fully saturated rings. The van der Waals surface area contributed by atoms with Crippen molar-refractivity contribution in [1.82, 2.24) is 10.2 Å². The van der Waals surface area contributed by atoms with Gasteiger partial charge in [-0.1, -0.05) is 29.8 Å². The first-order valence-electron chi connectivity index (χ1n) is 8.95. The topological polar surface area (TPSA) is 86.9 Å². The molecule has 2 aromatic rings. The monoisotopic (exact) mass is 426 g/mol. The van der Waals surface area contributed by atoms with Crippen LogP contribution in [0.2, 0.25) is 0 Å². The van der Waals surface area contributed by atoms with Crippen molar-refractivity contribution < 1.29 is 9.59 Å². The molecule has 1 aliphatic carbocycles. The zero-order chi connectivity index (χ0) is 19.1. The van der Waals surface area contributed by atoms with E-state index in [2.05, 4.69) is 50.6 Å². The molecule has 0 radical (unpaired) electrons. The predicted octanol–water partition coefficient (Wildman–Crippen LogP) is 3.79. The van der Waals surface area contributed by atoms with E-state index in [1.165, 1.54) is 0 Å². The summed E-state index contributed by atoms with van der Waals surface area (Å²) in [7, 11) is 0. The normalized spacial score (nSPS) is 25.0. The SMILES string of the molecule is Cc1[nH]nc2c1C1(C(=O)Nc3ccc(Br)cc31)C1=C(CC(C)(C)CC1=O)N2. The zero-order valence-electron chi connectivity index (χ0n) is 15.3. The standard InChI is InChI=1S/C20H19BrN4O2/c1-9-15-17(25-24-9)22-13-7-19(2,3)8-14(26)16(13)20(15)11-6-10(21)4-5-12(11)23-18(20)27/h4-6H,7-8H2,1-3H3,(H,23,27)(H2,22,24,25). The molecule has 138 valence electrons. The van der Waals surface area contributed by atoms with E-state index >= 15 is 0 Å². The summed E-state index contributed by atoms with van der Waals surface area (Å²) >= 11 is 3.53. The van der Waals surface area contributed by atoms with E-state index in [9.17, 15) is 9.59 Å². The molecule has 3 heterocycles. The van der Waals surface area contributed by atoms with Gasteiger partial charge < -0.3 is 10.6 Å². The number of aryl methyl sites for hydroxylation is 1. The van der Waals surface area contributed by atoms with E-state index in [1.807, 2.05) is 25.1 Å². The van der Waals surface area contributed by atoms with Crippen LogP contribution in [0.25, 0.3) is 0 Å². The van der Waals surface area contributed by atoms with Gasteiger partial charge in [0.05, 0.1) is 0 Å². The third-order valence-electron chi connectivity index (χ3n) is 5.82. The quantitative estimate of drug-likeness (QED) is 0.597. The van der Waals surface area contributed by atoms with Crippen LogP contribution in [0.5, 0.6) is 0 Å². The summed E-state index contributed by atoms with van der Waals surface area (Å²) in [6.45, 7) is 6.04. The molecule has 3 N–H and O–H groups in total. The molecule has 6 nitrogen and oxygen atoms in total. The summed E-state index contributed by atoms with van der Waals surface area (Å²) in [6.07, 6.45) is 1.11. The van der Waals surface area contributed by atoms with Crippen molar-refractivity contribution in [1.29, 1.82) is 0 Å². The van der Waals surface area contributed by atoms with Gasteiger partial charge in [0.15, 0.2) is 11.6 Å². The number of aromatic nitrogens is 2. The number of carbonyl (C=O) groups is 2. The highest BCUT2D eigenvalue weighted by Gasteiger charge is 2.60. The Morgan fingerprint density at radius 2 is 1.93 bits per heavy atom. The Hall–Kier alpha value is -2.41. The van der Waals surface area contributed by atoms with E-state index in [0.717, 1.165) is 32.7 Å². The first-order chi connectivity index (χ1) is 12.7. The van der Waals surface area contributed by atoms with Crippen LogP contribution in [-0.4, -0.2) is 21.9 Å². The van der Waals surface area contributed by atoms with E-state index in [-0.39, 0.29) is 17.1 Å². The van der Waals surface area contributed by atoms with Crippen LogP contribution >= 0.6 is 15.9 Å². The Kier molecular flexibility index (Phi) is 3.16. The summed E-state index contributed by atoms with van der Waals surface area (Å²) in [6, 6.07) is 5.70. The lowest BCUT2D eigenvalue weighted by atomic mass is 9.61. The Balaban J connectivity index is 1.91. The highest BCUT2D eigenvalue weighted by Crippen LogP contribution is 2.57. The molecule has 1 amide bonds. The Bertz CT molecular complexity index is 1080. The third kappa shape index (κ3) is 2.03. The second kappa shape index (κ2) is 5.10. The fraction of sp³-hybridized carbons (Fsp3) is 0.350. The average molecular weight is 427 g/mol. The van der Waals surface area contributed by atoms with Gasteiger partial charge in [-0.15, -0.1) is 0 Å². The van der Waals surface area contributed by atoms with Gasteiger partial charge in [0.25, 0.3) is 0 Å². The van der Waals surface area contributed by atoms with Crippen LogP contribution in [0, 0.1) is 12.3 Å². The summed E-state index contributed by atoms with van der Waals surface area (Å²) < 4.78 is 0.865. The van der Waals surface area contributed by atoms with E-state index in [1.54, 1.807) is 0 Å². The fourth-order valence-electron chi connectivity index (χ4n) is 4.88. The van der Waals surface area contributed by atoms with Crippen LogP contribution in [0.15, 0.2) is 33.9 Å². The van der Waals surface area contributed by atoms with Gasteiger partial charge in [-0.3, -0.25) is 14.7 Å². The molecular weight excluding hydrogens is 408 g/mol. The number of Topliss-reactive ketones (excluding diaryl/α,β-unsaturated/α-hetero) is 1. The Labute approximate surface area is 164 Å². The van der Waals surface area contributed by atoms with Gasteiger partial charge in [0.1, 0.15) is 5.41 Å². The molecule has 0 bridgehead atoms. The van der Waals surface area contributed by atoms with E-state index in [0.29, 0.717) is 24.2 Å². The minimum Gasteiger partial charge on any atom is -0.342 e. The van der Waals surface area contributed by atoms with Crippen molar-refractivity contribution in [3.05, 3.63) is 50.8 Å². The molecule has 1 spiro atoms. The molecule has 1 aromatic heterocycles. The first-order valence-corrected chi connectivity index (χ1v) is 9.74. The number of hydrogen-bond donors (Lipinski definition) is 3. The predicted molar refractivity (Wildman–Crippen MR) is 106 cm³/mol. The summed E-state index contributed by atoms with van der Waals surface area (Å²) in [5, 5.41) is 13.7. The van der Waals surface area contributed by atoms with Crippen LogP contribution in [0.4, 0.5) is 11.5 Å².